The van der Waals surface area contributed by atoms with Gasteiger partial charge in [0.05, 0.1) is 0 Å². The fourth-order valence-electron chi connectivity index (χ4n) is 2.72. The molecule has 0 unspecified atom stereocenters. The van der Waals surface area contributed by atoms with Crippen molar-refractivity contribution >= 4 is 5.97 Å². The van der Waals surface area contributed by atoms with E-state index in [0.29, 0.717) is 41.9 Å². The van der Waals surface area contributed by atoms with Crippen molar-refractivity contribution in [3.63, 3.8) is 0 Å². The van der Waals surface area contributed by atoms with Crippen LogP contribution in [0.4, 0.5) is 0 Å². The molecule has 0 spiro atoms. The number of rotatable bonds is 9. The van der Waals surface area contributed by atoms with Crippen molar-refractivity contribution in [3.05, 3.63) is 59.2 Å². The van der Waals surface area contributed by atoms with Gasteiger partial charge in [0.2, 0.25) is 0 Å². The Bertz CT molecular complexity index is 925. The van der Waals surface area contributed by atoms with Gasteiger partial charge in [-0.3, -0.25) is 0 Å². The minimum absolute atomic E-state index is 0.255. The highest BCUT2D eigenvalue weighted by Gasteiger charge is 2.18. The molecule has 0 aliphatic rings. The lowest BCUT2D eigenvalue weighted by Gasteiger charge is -2.12. The molecule has 1 aromatic carbocycles. The lowest BCUT2D eigenvalue weighted by Crippen LogP contribution is -2.26. The van der Waals surface area contributed by atoms with E-state index in [1.807, 2.05) is 38.1 Å². The summed E-state index contributed by atoms with van der Waals surface area (Å²) in [5.41, 5.74) is 1.55. The highest BCUT2D eigenvalue weighted by Crippen LogP contribution is 2.24. The van der Waals surface area contributed by atoms with Gasteiger partial charge in [0.25, 0.3) is 5.89 Å². The summed E-state index contributed by atoms with van der Waals surface area (Å²) in [6.07, 6.45) is -0.546. The molecule has 7 heteroatoms. The summed E-state index contributed by atoms with van der Waals surface area (Å²) < 4.78 is 22.2. The average Bonchev–Trinajstić information content (AvgIpc) is 3.26. The third-order valence-electron chi connectivity index (χ3n) is 4.21. The van der Waals surface area contributed by atoms with Crippen LogP contribution in [0, 0.1) is 13.8 Å². The summed E-state index contributed by atoms with van der Waals surface area (Å²) in [6, 6.07) is 10.9. The molecule has 0 amide bonds. The first-order chi connectivity index (χ1) is 13.5. The van der Waals surface area contributed by atoms with Crippen LogP contribution in [-0.4, -0.2) is 28.8 Å². The van der Waals surface area contributed by atoms with Crippen LogP contribution in [0.25, 0.3) is 11.7 Å². The van der Waals surface area contributed by atoms with E-state index in [0.717, 1.165) is 11.3 Å². The van der Waals surface area contributed by atoms with E-state index in [2.05, 4.69) is 4.98 Å². The number of benzene rings is 1. The van der Waals surface area contributed by atoms with E-state index in [1.165, 1.54) is 0 Å². The molecule has 148 valence electrons. The SMILES string of the molecule is CCO[C@@H](Cc1ccc(OCc2nc(-c3ccc(C)o3)oc2C)cc1)C(=O)O. The van der Waals surface area contributed by atoms with Gasteiger partial charge in [-0.05, 0) is 50.6 Å². The normalized spacial score (nSPS) is 12.1. The molecule has 0 aliphatic carbocycles. The van der Waals surface area contributed by atoms with Gasteiger partial charge in [0.1, 0.15) is 29.6 Å². The standard InChI is InChI=1S/C21H23NO6/c1-4-25-19(21(23)24)11-15-6-8-16(9-7-15)26-12-17-14(3)28-20(22-17)18-10-5-13(2)27-18/h5-10,19H,4,11-12H2,1-3H3,(H,23,24)/t19-/m0/s1. The van der Waals surface area contributed by atoms with Gasteiger partial charge in [-0.1, -0.05) is 12.1 Å². The molecule has 2 aromatic heterocycles. The summed E-state index contributed by atoms with van der Waals surface area (Å²) in [4.78, 5) is 15.6. The van der Waals surface area contributed by atoms with Crippen molar-refractivity contribution < 1.29 is 28.2 Å². The number of aromatic nitrogens is 1. The monoisotopic (exact) mass is 385 g/mol. The van der Waals surface area contributed by atoms with Crippen LogP contribution in [0.1, 0.15) is 29.7 Å². The second-order valence-electron chi connectivity index (χ2n) is 6.35. The summed E-state index contributed by atoms with van der Waals surface area (Å²) in [6.45, 7) is 6.07. The smallest absolute Gasteiger partial charge is 0.333 e. The maximum Gasteiger partial charge on any atom is 0.333 e. The number of aryl methyl sites for hydroxylation is 2. The molecule has 0 aliphatic heterocycles. The van der Waals surface area contributed by atoms with Gasteiger partial charge >= 0.3 is 5.97 Å². The lowest BCUT2D eigenvalue weighted by atomic mass is 10.1. The number of carbonyl (C=O) groups is 1. The first-order valence-electron chi connectivity index (χ1n) is 9.05. The molecule has 3 rings (SSSR count). The maximum atomic E-state index is 11.2. The number of oxazole rings is 1. The largest absolute Gasteiger partial charge is 0.487 e. The van der Waals surface area contributed by atoms with Gasteiger partial charge in [-0.2, -0.15) is 0 Å². The third kappa shape index (κ3) is 4.80. The molecule has 0 bridgehead atoms. The first-order valence-corrected chi connectivity index (χ1v) is 9.05. The number of hydrogen-bond donors (Lipinski definition) is 1. The number of nitrogens with zero attached hydrogens (tertiary/aromatic N) is 1. The highest BCUT2D eigenvalue weighted by molar-refractivity contribution is 5.72. The Kier molecular flexibility index (Phi) is 6.16. The predicted octanol–water partition coefficient (Wildman–Crippen LogP) is 4.16. The number of ether oxygens (including phenoxy) is 2. The molecular weight excluding hydrogens is 362 g/mol. The van der Waals surface area contributed by atoms with Crippen LogP contribution < -0.4 is 4.74 Å². The van der Waals surface area contributed by atoms with Crippen molar-refractivity contribution in [2.45, 2.75) is 39.9 Å². The Balaban J connectivity index is 1.61. The van der Waals surface area contributed by atoms with Crippen molar-refractivity contribution in [1.29, 1.82) is 0 Å². The van der Waals surface area contributed by atoms with Crippen molar-refractivity contribution in [2.75, 3.05) is 6.61 Å². The first kappa shape index (κ1) is 19.7. The van der Waals surface area contributed by atoms with E-state index in [-0.39, 0.29) is 6.61 Å². The number of carboxylic acid groups (broad SMARTS) is 1. The van der Waals surface area contributed by atoms with Crippen LogP contribution >= 0.6 is 0 Å². The van der Waals surface area contributed by atoms with Gasteiger partial charge in [-0.25, -0.2) is 9.78 Å². The molecule has 1 atom stereocenters. The highest BCUT2D eigenvalue weighted by atomic mass is 16.5. The summed E-state index contributed by atoms with van der Waals surface area (Å²) in [5, 5.41) is 9.17. The van der Waals surface area contributed by atoms with Gasteiger partial charge < -0.3 is 23.4 Å². The van der Waals surface area contributed by atoms with Gasteiger partial charge in [0, 0.05) is 13.0 Å². The fraction of sp³-hybridized carbons (Fsp3) is 0.333. The summed E-state index contributed by atoms with van der Waals surface area (Å²) in [5.74, 6) is 2.16. The van der Waals surface area contributed by atoms with Crippen LogP contribution in [0.5, 0.6) is 5.75 Å². The molecular formula is C21H23NO6. The molecule has 2 heterocycles. The Morgan fingerprint density at radius 3 is 2.50 bits per heavy atom. The Hall–Kier alpha value is -3.06. The Morgan fingerprint density at radius 2 is 1.89 bits per heavy atom. The zero-order valence-electron chi connectivity index (χ0n) is 16.1. The number of carboxylic acids is 1. The van der Waals surface area contributed by atoms with E-state index in [9.17, 15) is 4.79 Å². The molecule has 0 saturated heterocycles. The topological polar surface area (TPSA) is 94.9 Å². The maximum absolute atomic E-state index is 11.2. The molecule has 0 saturated carbocycles. The van der Waals surface area contributed by atoms with Crippen molar-refractivity contribution in [1.82, 2.24) is 4.98 Å². The van der Waals surface area contributed by atoms with Crippen LogP contribution in [0.15, 0.2) is 45.2 Å². The molecule has 0 radical (unpaired) electrons. The molecule has 0 fully saturated rings. The van der Waals surface area contributed by atoms with E-state index in [1.54, 1.807) is 19.1 Å². The van der Waals surface area contributed by atoms with E-state index < -0.39 is 12.1 Å². The number of furan rings is 1. The minimum Gasteiger partial charge on any atom is -0.487 e. The lowest BCUT2D eigenvalue weighted by molar-refractivity contribution is -0.149. The number of hydrogen-bond acceptors (Lipinski definition) is 6. The minimum atomic E-state index is -0.966. The second-order valence-corrected chi connectivity index (χ2v) is 6.35. The van der Waals surface area contributed by atoms with Crippen LogP contribution in [0.3, 0.4) is 0 Å². The van der Waals surface area contributed by atoms with Crippen molar-refractivity contribution in [3.8, 4) is 17.4 Å². The number of aliphatic carboxylic acids is 1. The average molecular weight is 385 g/mol. The van der Waals surface area contributed by atoms with Crippen LogP contribution in [-0.2, 0) is 22.6 Å². The fourth-order valence-corrected chi connectivity index (χ4v) is 2.72. The second kappa shape index (κ2) is 8.75. The molecule has 3 aromatic rings. The zero-order valence-corrected chi connectivity index (χ0v) is 16.1. The molecule has 28 heavy (non-hydrogen) atoms. The van der Waals surface area contributed by atoms with Crippen molar-refractivity contribution in [2.24, 2.45) is 0 Å². The van der Waals surface area contributed by atoms with E-state index in [4.69, 9.17) is 23.4 Å². The third-order valence-corrected chi connectivity index (χ3v) is 4.21. The summed E-state index contributed by atoms with van der Waals surface area (Å²) >= 11 is 0. The summed E-state index contributed by atoms with van der Waals surface area (Å²) in [7, 11) is 0. The molecule has 1 N–H and O–H groups in total. The predicted molar refractivity (Wildman–Crippen MR) is 101 cm³/mol. The Labute approximate surface area is 162 Å². The van der Waals surface area contributed by atoms with Gasteiger partial charge in [0.15, 0.2) is 11.9 Å². The zero-order chi connectivity index (χ0) is 20.1. The molecule has 7 nitrogen and oxygen atoms in total. The van der Waals surface area contributed by atoms with Gasteiger partial charge in [-0.15, -0.1) is 0 Å². The van der Waals surface area contributed by atoms with E-state index >= 15 is 0 Å². The van der Waals surface area contributed by atoms with Crippen LogP contribution in [0.2, 0.25) is 0 Å². The Morgan fingerprint density at radius 1 is 1.14 bits per heavy atom. The quantitative estimate of drug-likeness (QED) is 0.591.